The van der Waals surface area contributed by atoms with Crippen molar-refractivity contribution in [2.75, 3.05) is 0 Å². The number of phenols is 1. The minimum Gasteiger partial charge on any atom is -0.508 e. The Kier molecular flexibility index (Phi) is 2.32. The summed E-state index contributed by atoms with van der Waals surface area (Å²) < 4.78 is 26.2. The number of aldehydes is 1. The first-order valence-corrected chi connectivity index (χ1v) is 3.61. The van der Waals surface area contributed by atoms with Crippen molar-refractivity contribution in [2.45, 2.75) is 12.6 Å². The summed E-state index contributed by atoms with van der Waals surface area (Å²) in [6, 6.07) is 2.93. The molecule has 0 spiro atoms. The molecule has 1 atom stereocenters. The Labute approximate surface area is 73.8 Å². The fraction of sp³-hybridized carbons (Fsp3) is 0.222. The number of hydrogen-bond acceptors (Lipinski definition) is 2. The number of alkyl halides is 1. The van der Waals surface area contributed by atoms with Gasteiger partial charge in [-0.25, -0.2) is 8.78 Å². The number of hydrogen-bond donors (Lipinski definition) is 1. The zero-order valence-corrected chi connectivity index (χ0v) is 6.92. The molecule has 0 saturated heterocycles. The average molecular weight is 186 g/mol. The number of rotatable bonds is 2. The van der Waals surface area contributed by atoms with Crippen molar-refractivity contribution < 1.29 is 18.7 Å². The molecule has 0 fully saturated rings. The molecule has 0 heterocycles. The minimum atomic E-state index is -2.35. The lowest BCUT2D eigenvalue weighted by molar-refractivity contribution is -0.117. The highest BCUT2D eigenvalue weighted by molar-refractivity contribution is 5.65. The second-order valence-corrected chi connectivity index (χ2v) is 2.86. The highest BCUT2D eigenvalue weighted by Gasteiger charge is 2.28. The number of carbonyl (C=O) groups is 1. The Morgan fingerprint density at radius 3 is 2.62 bits per heavy atom. The number of halogens is 2. The van der Waals surface area contributed by atoms with E-state index in [1.807, 2.05) is 0 Å². The molecule has 0 aliphatic carbocycles. The first-order chi connectivity index (χ1) is 5.97. The standard InChI is InChI=1S/C9H8F2O2/c1-9(11,5-12)7-3-2-6(13)4-8(7)10/h2-5,13H,1H3. The van der Waals surface area contributed by atoms with Crippen LogP contribution in [0.1, 0.15) is 12.5 Å². The molecule has 0 aliphatic heterocycles. The highest BCUT2D eigenvalue weighted by atomic mass is 19.1. The first-order valence-electron chi connectivity index (χ1n) is 3.61. The number of benzene rings is 1. The number of phenolic OH excluding ortho intramolecular Hbond substituents is 1. The van der Waals surface area contributed by atoms with Crippen molar-refractivity contribution in [1.29, 1.82) is 0 Å². The molecule has 1 unspecified atom stereocenters. The van der Waals surface area contributed by atoms with E-state index in [-0.39, 0.29) is 17.6 Å². The van der Waals surface area contributed by atoms with Gasteiger partial charge in [0.2, 0.25) is 0 Å². The lowest BCUT2D eigenvalue weighted by atomic mass is 9.99. The van der Waals surface area contributed by atoms with E-state index in [0.29, 0.717) is 0 Å². The van der Waals surface area contributed by atoms with Crippen LogP contribution in [-0.2, 0) is 10.5 Å². The van der Waals surface area contributed by atoms with Gasteiger partial charge in [-0.3, -0.25) is 4.79 Å². The van der Waals surface area contributed by atoms with Gasteiger partial charge in [0.25, 0.3) is 0 Å². The van der Waals surface area contributed by atoms with Crippen LogP contribution in [0.25, 0.3) is 0 Å². The van der Waals surface area contributed by atoms with Gasteiger partial charge < -0.3 is 5.11 Å². The Bertz CT molecular complexity index is 334. The molecule has 0 bridgehead atoms. The molecule has 1 aromatic carbocycles. The van der Waals surface area contributed by atoms with Crippen LogP contribution in [0.15, 0.2) is 18.2 Å². The maximum atomic E-state index is 13.3. The zero-order chi connectivity index (χ0) is 10.1. The Balaban J connectivity index is 3.23. The van der Waals surface area contributed by atoms with Crippen LogP contribution in [0.2, 0.25) is 0 Å². The van der Waals surface area contributed by atoms with E-state index in [2.05, 4.69) is 0 Å². The summed E-state index contributed by atoms with van der Waals surface area (Å²) in [7, 11) is 0. The number of aromatic hydroxyl groups is 1. The molecule has 1 aromatic rings. The summed E-state index contributed by atoms with van der Waals surface area (Å²) in [6.07, 6.45) is 0.0163. The second-order valence-electron chi connectivity index (χ2n) is 2.86. The highest BCUT2D eigenvalue weighted by Crippen LogP contribution is 2.27. The lowest BCUT2D eigenvalue weighted by Crippen LogP contribution is -2.18. The first kappa shape index (κ1) is 9.64. The van der Waals surface area contributed by atoms with Gasteiger partial charge in [-0.1, -0.05) is 0 Å². The SMILES string of the molecule is CC(F)(C=O)c1ccc(O)cc1F. The quantitative estimate of drug-likeness (QED) is 0.716. The summed E-state index contributed by atoms with van der Waals surface area (Å²) >= 11 is 0. The molecule has 13 heavy (non-hydrogen) atoms. The maximum absolute atomic E-state index is 13.3. The molecular weight excluding hydrogens is 178 g/mol. The fourth-order valence-corrected chi connectivity index (χ4v) is 0.964. The van der Waals surface area contributed by atoms with Gasteiger partial charge >= 0.3 is 0 Å². The summed E-state index contributed by atoms with van der Waals surface area (Å²) in [5.74, 6) is -1.24. The van der Waals surface area contributed by atoms with Gasteiger partial charge in [0.15, 0.2) is 12.0 Å². The smallest absolute Gasteiger partial charge is 0.190 e. The van der Waals surface area contributed by atoms with Crippen LogP contribution in [0, 0.1) is 5.82 Å². The van der Waals surface area contributed by atoms with Crippen molar-refractivity contribution >= 4 is 6.29 Å². The molecule has 0 radical (unpaired) electrons. The summed E-state index contributed by atoms with van der Waals surface area (Å²) in [6.45, 7) is 0.954. The van der Waals surface area contributed by atoms with Crippen LogP contribution < -0.4 is 0 Å². The predicted molar refractivity (Wildman–Crippen MR) is 42.6 cm³/mol. The van der Waals surface area contributed by atoms with Crippen LogP contribution in [0.3, 0.4) is 0 Å². The van der Waals surface area contributed by atoms with Crippen LogP contribution in [0.4, 0.5) is 8.78 Å². The molecule has 70 valence electrons. The molecule has 4 heteroatoms. The van der Waals surface area contributed by atoms with E-state index in [0.717, 1.165) is 25.1 Å². The Morgan fingerprint density at radius 2 is 2.15 bits per heavy atom. The van der Waals surface area contributed by atoms with E-state index >= 15 is 0 Å². The largest absolute Gasteiger partial charge is 0.508 e. The van der Waals surface area contributed by atoms with Crippen LogP contribution in [0.5, 0.6) is 5.75 Å². The molecular formula is C9H8F2O2. The predicted octanol–water partition coefficient (Wildman–Crippen LogP) is 1.91. The molecule has 0 saturated carbocycles. The molecule has 0 aliphatic rings. The summed E-state index contributed by atoms with van der Waals surface area (Å²) in [4.78, 5) is 10.3. The summed E-state index contributed by atoms with van der Waals surface area (Å²) in [5, 5.41) is 8.83. The fourth-order valence-electron chi connectivity index (χ4n) is 0.964. The normalized spacial score (nSPS) is 15.0. The Hall–Kier alpha value is -1.45. The Morgan fingerprint density at radius 1 is 1.54 bits per heavy atom. The van der Waals surface area contributed by atoms with Crippen molar-refractivity contribution in [3.8, 4) is 5.75 Å². The third-order valence-corrected chi connectivity index (χ3v) is 1.70. The van der Waals surface area contributed by atoms with E-state index in [4.69, 9.17) is 5.11 Å². The van der Waals surface area contributed by atoms with Gasteiger partial charge in [0, 0.05) is 11.6 Å². The van der Waals surface area contributed by atoms with Gasteiger partial charge in [-0.05, 0) is 19.1 Å². The molecule has 1 rings (SSSR count). The molecule has 0 aromatic heterocycles. The van der Waals surface area contributed by atoms with Crippen LogP contribution in [-0.4, -0.2) is 11.4 Å². The zero-order valence-electron chi connectivity index (χ0n) is 6.92. The van der Waals surface area contributed by atoms with Crippen molar-refractivity contribution in [1.82, 2.24) is 0 Å². The van der Waals surface area contributed by atoms with E-state index in [1.165, 1.54) is 0 Å². The minimum absolute atomic E-state index is 0.0163. The van der Waals surface area contributed by atoms with Gasteiger partial charge in [-0.15, -0.1) is 0 Å². The monoisotopic (exact) mass is 186 g/mol. The molecule has 1 N–H and O–H groups in total. The third-order valence-electron chi connectivity index (χ3n) is 1.70. The molecule has 0 amide bonds. The van der Waals surface area contributed by atoms with Crippen molar-refractivity contribution in [3.05, 3.63) is 29.6 Å². The van der Waals surface area contributed by atoms with Gasteiger partial charge in [0.1, 0.15) is 11.6 Å². The topological polar surface area (TPSA) is 37.3 Å². The molecule has 2 nitrogen and oxygen atoms in total. The van der Waals surface area contributed by atoms with E-state index in [1.54, 1.807) is 0 Å². The number of carbonyl (C=O) groups excluding carboxylic acids is 1. The van der Waals surface area contributed by atoms with Crippen molar-refractivity contribution in [3.63, 3.8) is 0 Å². The van der Waals surface area contributed by atoms with Crippen molar-refractivity contribution in [2.24, 2.45) is 0 Å². The summed E-state index contributed by atoms with van der Waals surface area (Å²) in [5.41, 5.74) is -2.72. The lowest BCUT2D eigenvalue weighted by Gasteiger charge is -2.13. The average Bonchev–Trinajstić information content (AvgIpc) is 2.03. The third kappa shape index (κ3) is 1.83. The van der Waals surface area contributed by atoms with E-state index in [9.17, 15) is 13.6 Å². The van der Waals surface area contributed by atoms with Gasteiger partial charge in [0.05, 0.1) is 0 Å². The van der Waals surface area contributed by atoms with E-state index < -0.39 is 11.5 Å². The maximum Gasteiger partial charge on any atom is 0.190 e. The van der Waals surface area contributed by atoms with Gasteiger partial charge in [-0.2, -0.15) is 0 Å². The van der Waals surface area contributed by atoms with Crippen LogP contribution >= 0.6 is 0 Å². The second kappa shape index (κ2) is 3.12.